The second-order valence-electron chi connectivity index (χ2n) is 9.56. The van der Waals surface area contributed by atoms with Crippen LogP contribution in [-0.2, 0) is 6.42 Å². The lowest BCUT2D eigenvalue weighted by Gasteiger charge is -2.28. The van der Waals surface area contributed by atoms with E-state index in [0.29, 0.717) is 11.6 Å². The molecule has 0 bridgehead atoms. The Morgan fingerprint density at radius 2 is 2.11 bits per heavy atom. The summed E-state index contributed by atoms with van der Waals surface area (Å²) in [4.78, 5) is 20.5. The Bertz CT molecular complexity index is 857. The van der Waals surface area contributed by atoms with Crippen LogP contribution in [0.1, 0.15) is 81.0 Å². The van der Waals surface area contributed by atoms with E-state index in [1.54, 1.807) is 0 Å². The summed E-state index contributed by atoms with van der Waals surface area (Å²) in [7, 11) is 0. The van der Waals surface area contributed by atoms with Gasteiger partial charge in [-0.2, -0.15) is 0 Å². The first-order valence-corrected chi connectivity index (χ1v) is 10.7. The highest BCUT2D eigenvalue weighted by molar-refractivity contribution is 6.06. The lowest BCUT2D eigenvalue weighted by molar-refractivity contribution is 0.0694. The normalized spacial score (nSPS) is 20.1. The summed E-state index contributed by atoms with van der Waals surface area (Å²) in [5.41, 5.74) is 3.13. The summed E-state index contributed by atoms with van der Waals surface area (Å²) in [6.45, 7) is 11.3. The van der Waals surface area contributed by atoms with Gasteiger partial charge >= 0.3 is 0 Å². The molecule has 2 aromatic rings. The molecular weight excluding hydrogens is 352 g/mol. The zero-order chi connectivity index (χ0) is 19.9. The molecule has 2 aromatic heterocycles. The number of aromatic nitrogens is 2. The largest absolute Gasteiger partial charge is 0.336 e. The third kappa shape index (κ3) is 3.93. The summed E-state index contributed by atoms with van der Waals surface area (Å²) in [5, 5.41) is 8.54. The number of carbonyl (C=O) groups excluding carboxylic acids is 1. The maximum Gasteiger partial charge on any atom is 0.259 e. The number of nitrogens with one attached hydrogen (secondary N) is 1. The third-order valence-electron chi connectivity index (χ3n) is 5.66. The van der Waals surface area contributed by atoms with E-state index in [9.17, 15) is 4.79 Å². The highest BCUT2D eigenvalue weighted by atomic mass is 16.5. The molecule has 0 radical (unpaired) electrons. The molecule has 2 aliphatic rings. The molecule has 1 aliphatic carbocycles. The summed E-state index contributed by atoms with van der Waals surface area (Å²) in [6.07, 6.45) is 4.99. The molecule has 1 saturated heterocycles. The third-order valence-corrected chi connectivity index (χ3v) is 5.66. The summed E-state index contributed by atoms with van der Waals surface area (Å²) in [6, 6.07) is 2.28. The average molecular weight is 385 g/mol. The molecule has 1 saturated carbocycles. The molecule has 152 valence electrons. The Morgan fingerprint density at radius 3 is 2.71 bits per heavy atom. The van der Waals surface area contributed by atoms with Crippen molar-refractivity contribution in [3.8, 4) is 0 Å². The Labute approximate surface area is 167 Å². The van der Waals surface area contributed by atoms with Crippen LogP contribution in [0, 0.1) is 5.41 Å². The monoisotopic (exact) mass is 384 g/mol. The Morgan fingerprint density at radius 1 is 1.32 bits per heavy atom. The number of hydrogen-bond acceptors (Lipinski definition) is 5. The minimum absolute atomic E-state index is 0.0533. The van der Waals surface area contributed by atoms with Gasteiger partial charge in [-0.3, -0.25) is 4.79 Å². The van der Waals surface area contributed by atoms with Crippen molar-refractivity contribution in [1.29, 1.82) is 0 Å². The van der Waals surface area contributed by atoms with Crippen LogP contribution in [0.15, 0.2) is 10.6 Å². The van der Waals surface area contributed by atoms with Gasteiger partial charge in [0.1, 0.15) is 0 Å². The number of fused-ring (bicyclic) bond motifs is 1. The van der Waals surface area contributed by atoms with Crippen LogP contribution in [0.5, 0.6) is 0 Å². The topological polar surface area (TPSA) is 71.3 Å². The van der Waals surface area contributed by atoms with Crippen LogP contribution in [0.25, 0.3) is 11.1 Å². The molecule has 1 amide bonds. The zero-order valence-electron chi connectivity index (χ0n) is 17.5. The molecule has 1 aliphatic heterocycles. The Kier molecular flexibility index (Phi) is 5.17. The standard InChI is InChI=1S/C22H32N4O2/c1-5-10-26(15-8-9-23-13-15)21(27)16-11-17(14-6-7-14)24-20-19(16)18(25-28-20)12-22(2,3)4/h11,14-15,23H,5-10,12-13H2,1-4H3. The van der Waals surface area contributed by atoms with E-state index in [0.717, 1.165) is 74.1 Å². The van der Waals surface area contributed by atoms with Crippen LogP contribution in [-0.4, -0.2) is 46.6 Å². The van der Waals surface area contributed by atoms with Crippen LogP contribution in [0.4, 0.5) is 0 Å². The van der Waals surface area contributed by atoms with Gasteiger partial charge < -0.3 is 14.7 Å². The Balaban J connectivity index is 1.80. The van der Waals surface area contributed by atoms with Crippen molar-refractivity contribution in [2.45, 2.75) is 71.8 Å². The van der Waals surface area contributed by atoms with Gasteiger partial charge in [-0.1, -0.05) is 32.9 Å². The summed E-state index contributed by atoms with van der Waals surface area (Å²) in [5.74, 6) is 0.558. The lowest BCUT2D eigenvalue weighted by Crippen LogP contribution is -2.42. The lowest BCUT2D eigenvalue weighted by atomic mass is 9.89. The Hall–Kier alpha value is -1.95. The number of nitrogens with zero attached hydrogens (tertiary/aromatic N) is 3. The van der Waals surface area contributed by atoms with Crippen molar-refractivity contribution in [2.24, 2.45) is 5.41 Å². The average Bonchev–Trinajstić information content (AvgIpc) is 3.21. The maximum atomic E-state index is 13.7. The fraction of sp³-hybridized carbons (Fsp3) is 0.682. The summed E-state index contributed by atoms with van der Waals surface area (Å²) >= 11 is 0. The van der Waals surface area contributed by atoms with Gasteiger partial charge in [0.15, 0.2) is 0 Å². The van der Waals surface area contributed by atoms with Crippen LogP contribution in [0.3, 0.4) is 0 Å². The minimum atomic E-state index is 0.0533. The van der Waals surface area contributed by atoms with Crippen molar-refractivity contribution in [1.82, 2.24) is 20.4 Å². The fourth-order valence-electron chi connectivity index (χ4n) is 4.16. The van der Waals surface area contributed by atoms with Crippen molar-refractivity contribution in [2.75, 3.05) is 19.6 Å². The highest BCUT2D eigenvalue weighted by Gasteiger charge is 2.33. The van der Waals surface area contributed by atoms with E-state index in [-0.39, 0.29) is 17.4 Å². The van der Waals surface area contributed by atoms with Crippen molar-refractivity contribution in [3.05, 3.63) is 23.0 Å². The predicted molar refractivity (Wildman–Crippen MR) is 110 cm³/mol. The molecule has 3 heterocycles. The first kappa shape index (κ1) is 19.4. The van der Waals surface area contributed by atoms with Crippen LogP contribution >= 0.6 is 0 Å². The molecular formula is C22H32N4O2. The van der Waals surface area contributed by atoms with Crippen LogP contribution < -0.4 is 5.32 Å². The van der Waals surface area contributed by atoms with E-state index in [2.05, 4.69) is 43.1 Å². The number of rotatable bonds is 6. The van der Waals surface area contributed by atoms with Gasteiger partial charge in [0, 0.05) is 30.7 Å². The molecule has 28 heavy (non-hydrogen) atoms. The molecule has 1 atom stereocenters. The van der Waals surface area contributed by atoms with Gasteiger partial charge in [-0.25, -0.2) is 4.98 Å². The number of carbonyl (C=O) groups is 1. The fourth-order valence-corrected chi connectivity index (χ4v) is 4.16. The zero-order valence-corrected chi connectivity index (χ0v) is 17.5. The van der Waals surface area contributed by atoms with E-state index in [4.69, 9.17) is 9.51 Å². The van der Waals surface area contributed by atoms with E-state index in [1.807, 2.05) is 6.07 Å². The predicted octanol–water partition coefficient (Wildman–Crippen LogP) is 3.90. The second kappa shape index (κ2) is 7.47. The molecule has 1 unspecified atom stereocenters. The molecule has 2 fully saturated rings. The molecule has 1 N–H and O–H groups in total. The molecule has 6 nitrogen and oxygen atoms in total. The molecule has 6 heteroatoms. The quantitative estimate of drug-likeness (QED) is 0.818. The molecule has 0 spiro atoms. The SMILES string of the molecule is CCCN(C(=O)c1cc(C2CC2)nc2onc(CC(C)(C)C)c12)C1CCNC1. The summed E-state index contributed by atoms with van der Waals surface area (Å²) < 4.78 is 5.63. The van der Waals surface area contributed by atoms with E-state index >= 15 is 0 Å². The minimum Gasteiger partial charge on any atom is -0.336 e. The smallest absolute Gasteiger partial charge is 0.259 e. The van der Waals surface area contributed by atoms with Gasteiger partial charge in [0.2, 0.25) is 0 Å². The van der Waals surface area contributed by atoms with E-state index in [1.165, 1.54) is 0 Å². The van der Waals surface area contributed by atoms with Crippen molar-refractivity contribution < 1.29 is 9.32 Å². The van der Waals surface area contributed by atoms with Gasteiger partial charge in [-0.05, 0) is 50.1 Å². The number of amides is 1. The molecule has 0 aromatic carbocycles. The number of hydrogen-bond donors (Lipinski definition) is 1. The molecule has 4 rings (SSSR count). The van der Waals surface area contributed by atoms with E-state index < -0.39 is 0 Å². The first-order chi connectivity index (χ1) is 13.4. The highest BCUT2D eigenvalue weighted by Crippen LogP contribution is 2.41. The van der Waals surface area contributed by atoms with Gasteiger partial charge in [0.05, 0.1) is 16.6 Å². The first-order valence-electron chi connectivity index (χ1n) is 10.7. The van der Waals surface area contributed by atoms with Crippen LogP contribution in [0.2, 0.25) is 0 Å². The number of pyridine rings is 1. The van der Waals surface area contributed by atoms with Gasteiger partial charge in [-0.15, -0.1) is 0 Å². The van der Waals surface area contributed by atoms with Crippen molar-refractivity contribution in [3.63, 3.8) is 0 Å². The second-order valence-corrected chi connectivity index (χ2v) is 9.56. The van der Waals surface area contributed by atoms with Crippen molar-refractivity contribution >= 4 is 17.0 Å². The maximum absolute atomic E-state index is 13.7. The van der Waals surface area contributed by atoms with Gasteiger partial charge in [0.25, 0.3) is 11.6 Å².